The van der Waals surface area contributed by atoms with Crippen molar-refractivity contribution in [1.29, 1.82) is 0 Å². The summed E-state index contributed by atoms with van der Waals surface area (Å²) in [6.07, 6.45) is 3.30. The van der Waals surface area contributed by atoms with Crippen LogP contribution in [0.25, 0.3) is 21.8 Å². The zero-order chi connectivity index (χ0) is 19.5. The van der Waals surface area contributed by atoms with Gasteiger partial charge in [0.1, 0.15) is 5.75 Å². The molecule has 0 spiro atoms. The summed E-state index contributed by atoms with van der Waals surface area (Å²) >= 11 is 0. The largest absolute Gasteiger partial charge is 0.461 e. The number of nitrogens with zero attached hydrogens (tertiary/aromatic N) is 2. The van der Waals surface area contributed by atoms with Gasteiger partial charge in [-0.1, -0.05) is 12.1 Å². The summed E-state index contributed by atoms with van der Waals surface area (Å²) < 4.78 is 16.6. The van der Waals surface area contributed by atoms with E-state index in [1.54, 1.807) is 32.5 Å². The van der Waals surface area contributed by atoms with Gasteiger partial charge in [-0.05, 0) is 25.1 Å². The van der Waals surface area contributed by atoms with Gasteiger partial charge in [-0.2, -0.15) is 0 Å². The Hall–Kier alpha value is -3.45. The highest BCUT2D eigenvalue weighted by Crippen LogP contribution is 2.37. The fourth-order valence-electron chi connectivity index (χ4n) is 3.24. The van der Waals surface area contributed by atoms with Crippen LogP contribution in [0.3, 0.4) is 0 Å². The molecule has 0 amide bonds. The molecule has 28 heavy (non-hydrogen) atoms. The lowest BCUT2D eigenvalue weighted by Crippen LogP contribution is -2.11. The van der Waals surface area contributed by atoms with Crippen LogP contribution >= 0.6 is 0 Å². The maximum absolute atomic E-state index is 12.4. The number of aromatic amines is 1. The van der Waals surface area contributed by atoms with Gasteiger partial charge in [0.05, 0.1) is 35.8 Å². The molecule has 0 saturated carbocycles. The molecule has 142 valence electrons. The van der Waals surface area contributed by atoms with E-state index in [-0.39, 0.29) is 18.9 Å². The van der Waals surface area contributed by atoms with Crippen LogP contribution in [0, 0.1) is 0 Å². The maximum Gasteiger partial charge on any atom is 0.357 e. The second kappa shape index (κ2) is 7.66. The van der Waals surface area contributed by atoms with Crippen molar-refractivity contribution in [3.8, 4) is 11.6 Å². The fraction of sp³-hybridized carbons (Fsp3) is 0.190. The number of methoxy groups -OCH3 is 1. The smallest absolute Gasteiger partial charge is 0.357 e. The average Bonchev–Trinajstić information content (AvgIpc) is 3.09. The van der Waals surface area contributed by atoms with Crippen molar-refractivity contribution in [2.75, 3.05) is 13.7 Å². The molecule has 7 heteroatoms. The van der Waals surface area contributed by atoms with Gasteiger partial charge < -0.3 is 19.2 Å². The second-order valence-electron chi connectivity index (χ2n) is 6.10. The summed E-state index contributed by atoms with van der Waals surface area (Å²) in [5.41, 5.74) is 2.54. The number of carbonyl (C=O) groups is 1. The standard InChI is InChI=1S/C21H19N3O4/c1-3-27-21(25)20-13(12-26-2)18-15(11-23-20)24-14-7-6-8-16(19(14)18)28-17-9-4-5-10-22-17/h4-11,24H,3,12H2,1-2H3. The summed E-state index contributed by atoms with van der Waals surface area (Å²) in [6.45, 7) is 2.24. The van der Waals surface area contributed by atoms with Gasteiger partial charge in [0.2, 0.25) is 5.88 Å². The number of rotatable bonds is 6. The Balaban J connectivity index is 1.97. The van der Waals surface area contributed by atoms with Crippen molar-refractivity contribution in [3.05, 3.63) is 60.0 Å². The van der Waals surface area contributed by atoms with E-state index in [4.69, 9.17) is 14.2 Å². The number of hydrogen-bond acceptors (Lipinski definition) is 6. The van der Waals surface area contributed by atoms with Crippen LogP contribution in [0.5, 0.6) is 11.6 Å². The highest BCUT2D eigenvalue weighted by atomic mass is 16.5. The number of pyridine rings is 2. The van der Waals surface area contributed by atoms with Gasteiger partial charge in [0.15, 0.2) is 5.69 Å². The molecule has 0 aliphatic heterocycles. The van der Waals surface area contributed by atoms with Crippen molar-refractivity contribution in [1.82, 2.24) is 15.0 Å². The SMILES string of the molecule is CCOC(=O)c1ncc2[nH]c3cccc(Oc4ccccn4)c3c2c1COC. The van der Waals surface area contributed by atoms with E-state index in [0.29, 0.717) is 17.2 Å². The molecule has 0 unspecified atom stereocenters. The van der Waals surface area contributed by atoms with E-state index in [1.165, 1.54) is 0 Å². The lowest BCUT2D eigenvalue weighted by molar-refractivity contribution is 0.0514. The first-order valence-electron chi connectivity index (χ1n) is 8.90. The van der Waals surface area contributed by atoms with Crippen molar-refractivity contribution >= 4 is 27.8 Å². The van der Waals surface area contributed by atoms with Crippen LogP contribution in [0.4, 0.5) is 0 Å². The fourth-order valence-corrected chi connectivity index (χ4v) is 3.24. The van der Waals surface area contributed by atoms with Gasteiger partial charge in [-0.3, -0.25) is 0 Å². The van der Waals surface area contributed by atoms with E-state index in [2.05, 4.69) is 15.0 Å². The van der Waals surface area contributed by atoms with E-state index in [0.717, 1.165) is 21.8 Å². The van der Waals surface area contributed by atoms with E-state index in [1.807, 2.05) is 30.3 Å². The first-order valence-corrected chi connectivity index (χ1v) is 8.90. The molecule has 3 heterocycles. The van der Waals surface area contributed by atoms with Crippen LogP contribution < -0.4 is 4.74 Å². The number of carbonyl (C=O) groups excluding carboxylic acids is 1. The minimum absolute atomic E-state index is 0.212. The van der Waals surface area contributed by atoms with Gasteiger partial charge in [-0.15, -0.1) is 0 Å². The minimum atomic E-state index is -0.478. The molecule has 0 atom stereocenters. The topological polar surface area (TPSA) is 86.3 Å². The predicted octanol–water partition coefficient (Wildman–Crippen LogP) is 4.23. The maximum atomic E-state index is 12.4. The molecule has 0 bridgehead atoms. The second-order valence-corrected chi connectivity index (χ2v) is 6.10. The molecule has 0 radical (unpaired) electrons. The monoisotopic (exact) mass is 377 g/mol. The lowest BCUT2D eigenvalue weighted by Gasteiger charge is -2.11. The summed E-state index contributed by atoms with van der Waals surface area (Å²) in [4.78, 5) is 24.3. The van der Waals surface area contributed by atoms with Crippen molar-refractivity contribution in [2.45, 2.75) is 13.5 Å². The van der Waals surface area contributed by atoms with Crippen molar-refractivity contribution < 1.29 is 19.0 Å². The number of hydrogen-bond donors (Lipinski definition) is 1. The van der Waals surface area contributed by atoms with E-state index < -0.39 is 5.97 Å². The number of fused-ring (bicyclic) bond motifs is 3. The normalized spacial score (nSPS) is 11.1. The van der Waals surface area contributed by atoms with E-state index in [9.17, 15) is 4.79 Å². The molecule has 1 aromatic carbocycles. The Morgan fingerprint density at radius 3 is 2.71 bits per heavy atom. The molecular formula is C21H19N3O4. The van der Waals surface area contributed by atoms with Crippen LogP contribution in [0.2, 0.25) is 0 Å². The predicted molar refractivity (Wildman–Crippen MR) is 105 cm³/mol. The summed E-state index contributed by atoms with van der Waals surface area (Å²) in [5.74, 6) is 0.632. The summed E-state index contributed by atoms with van der Waals surface area (Å²) in [6, 6.07) is 11.2. The molecule has 0 fully saturated rings. The van der Waals surface area contributed by atoms with Crippen LogP contribution in [0.1, 0.15) is 23.0 Å². The third-order valence-corrected chi connectivity index (χ3v) is 4.34. The quantitative estimate of drug-likeness (QED) is 0.506. The summed E-state index contributed by atoms with van der Waals surface area (Å²) in [7, 11) is 1.58. The average molecular weight is 377 g/mol. The first-order chi connectivity index (χ1) is 13.7. The van der Waals surface area contributed by atoms with Crippen LogP contribution in [0.15, 0.2) is 48.8 Å². The number of nitrogens with one attached hydrogen (secondary N) is 1. The van der Waals surface area contributed by atoms with Gasteiger partial charge in [0.25, 0.3) is 0 Å². The zero-order valence-corrected chi connectivity index (χ0v) is 15.6. The van der Waals surface area contributed by atoms with Gasteiger partial charge >= 0.3 is 5.97 Å². The third-order valence-electron chi connectivity index (χ3n) is 4.34. The third kappa shape index (κ3) is 3.16. The van der Waals surface area contributed by atoms with Crippen LogP contribution in [-0.4, -0.2) is 34.6 Å². The number of H-pyrrole nitrogens is 1. The van der Waals surface area contributed by atoms with Crippen molar-refractivity contribution in [3.63, 3.8) is 0 Å². The molecular weight excluding hydrogens is 358 g/mol. The van der Waals surface area contributed by atoms with E-state index >= 15 is 0 Å². The Bertz CT molecular complexity index is 1140. The molecule has 1 N–H and O–H groups in total. The Morgan fingerprint density at radius 2 is 1.96 bits per heavy atom. The zero-order valence-electron chi connectivity index (χ0n) is 15.6. The lowest BCUT2D eigenvalue weighted by atomic mass is 10.1. The van der Waals surface area contributed by atoms with Crippen LogP contribution in [-0.2, 0) is 16.1 Å². The molecule has 4 aromatic rings. The highest BCUT2D eigenvalue weighted by Gasteiger charge is 2.22. The Morgan fingerprint density at radius 1 is 1.07 bits per heavy atom. The minimum Gasteiger partial charge on any atom is -0.461 e. The molecule has 0 aliphatic rings. The highest BCUT2D eigenvalue weighted by molar-refractivity contribution is 6.13. The first kappa shape index (κ1) is 17.9. The Labute approximate surface area is 161 Å². The molecule has 3 aromatic heterocycles. The molecule has 4 rings (SSSR count). The Kier molecular flexibility index (Phi) is 4.90. The number of ether oxygens (including phenoxy) is 3. The van der Waals surface area contributed by atoms with Crippen molar-refractivity contribution in [2.24, 2.45) is 0 Å². The van der Waals surface area contributed by atoms with Gasteiger partial charge in [-0.25, -0.2) is 14.8 Å². The number of esters is 1. The number of aromatic nitrogens is 3. The molecule has 0 aliphatic carbocycles. The number of benzene rings is 1. The molecule has 0 saturated heterocycles. The summed E-state index contributed by atoms with van der Waals surface area (Å²) in [5, 5.41) is 1.66. The van der Waals surface area contributed by atoms with Gasteiger partial charge in [0, 0.05) is 30.3 Å². The molecule has 7 nitrogen and oxygen atoms in total.